The van der Waals surface area contributed by atoms with Crippen molar-refractivity contribution in [2.75, 3.05) is 38.5 Å². The van der Waals surface area contributed by atoms with Gasteiger partial charge in [-0.2, -0.15) is 0 Å². The second kappa shape index (κ2) is 7.40. The summed E-state index contributed by atoms with van der Waals surface area (Å²) in [5, 5.41) is 3.20. The van der Waals surface area contributed by atoms with Crippen LogP contribution < -0.4 is 5.32 Å². The summed E-state index contributed by atoms with van der Waals surface area (Å²) < 4.78 is 0. The largest absolute Gasteiger partial charge is 0.339 e. The number of amides is 1. The highest BCUT2D eigenvalue weighted by atomic mass is 16.2. The minimum Gasteiger partial charge on any atom is -0.339 e. The van der Waals surface area contributed by atoms with E-state index in [1.54, 1.807) is 12.4 Å². The summed E-state index contributed by atoms with van der Waals surface area (Å²) in [7, 11) is 2.06. The fourth-order valence-corrected chi connectivity index (χ4v) is 2.65. The van der Waals surface area contributed by atoms with E-state index in [9.17, 15) is 4.79 Å². The van der Waals surface area contributed by atoms with Crippen molar-refractivity contribution >= 4 is 17.4 Å². The Bertz CT molecular complexity index is 676. The molecule has 0 spiro atoms. The number of aryl methyl sites for hydroxylation is 1. The Balaban J connectivity index is 1.63. The van der Waals surface area contributed by atoms with Crippen LogP contribution in [0.1, 0.15) is 23.0 Å². The molecule has 126 valence electrons. The number of nitrogens with zero attached hydrogens (tertiary/aromatic N) is 4. The molecule has 0 unspecified atom stereocenters. The Morgan fingerprint density at radius 2 is 1.79 bits per heavy atom. The quantitative estimate of drug-likeness (QED) is 0.933. The van der Waals surface area contributed by atoms with Gasteiger partial charge in [-0.15, -0.1) is 0 Å². The van der Waals surface area contributed by atoms with Crippen LogP contribution >= 0.6 is 0 Å². The number of benzene rings is 1. The molecule has 0 radical (unpaired) electrons. The van der Waals surface area contributed by atoms with Crippen LogP contribution in [0.4, 0.5) is 11.5 Å². The topological polar surface area (TPSA) is 61.4 Å². The Kier molecular flexibility index (Phi) is 5.05. The summed E-state index contributed by atoms with van der Waals surface area (Å²) in [5.74, 6) is 0.587. The molecule has 6 heteroatoms. The maximum absolute atomic E-state index is 12.4. The van der Waals surface area contributed by atoms with Gasteiger partial charge >= 0.3 is 0 Å². The third-order valence-corrected chi connectivity index (χ3v) is 4.30. The van der Waals surface area contributed by atoms with Gasteiger partial charge in [-0.25, -0.2) is 9.97 Å². The lowest BCUT2D eigenvalue weighted by atomic mass is 10.1. The van der Waals surface area contributed by atoms with Gasteiger partial charge in [-0.1, -0.05) is 19.1 Å². The molecular formula is C18H23N5O. The molecule has 1 aromatic carbocycles. The van der Waals surface area contributed by atoms with Crippen LogP contribution in [0.25, 0.3) is 0 Å². The molecule has 1 amide bonds. The number of nitrogens with one attached hydrogen (secondary N) is 1. The molecule has 0 aliphatic carbocycles. The number of anilines is 2. The van der Waals surface area contributed by atoms with E-state index in [2.05, 4.69) is 46.3 Å². The molecule has 1 aliphatic rings. The summed E-state index contributed by atoms with van der Waals surface area (Å²) in [5.41, 5.74) is 2.64. The fourth-order valence-electron chi connectivity index (χ4n) is 2.65. The number of hydrogen-bond donors (Lipinski definition) is 1. The Morgan fingerprint density at radius 3 is 2.38 bits per heavy atom. The number of hydrogen-bond acceptors (Lipinski definition) is 5. The van der Waals surface area contributed by atoms with Gasteiger partial charge in [0.05, 0.1) is 12.4 Å². The van der Waals surface area contributed by atoms with Crippen LogP contribution in [0.5, 0.6) is 0 Å². The van der Waals surface area contributed by atoms with Gasteiger partial charge in [0.1, 0.15) is 11.5 Å². The molecule has 1 fully saturated rings. The van der Waals surface area contributed by atoms with Crippen LogP contribution in [-0.4, -0.2) is 58.9 Å². The Morgan fingerprint density at radius 1 is 1.08 bits per heavy atom. The first-order valence-electron chi connectivity index (χ1n) is 8.31. The lowest BCUT2D eigenvalue weighted by molar-refractivity contribution is 0.0658. The normalized spacial score (nSPS) is 15.3. The number of likely N-dealkylation sites (N-methyl/N-ethyl adjacent to an activating group) is 1. The first-order chi connectivity index (χ1) is 11.7. The van der Waals surface area contributed by atoms with E-state index in [1.807, 2.05) is 17.0 Å². The summed E-state index contributed by atoms with van der Waals surface area (Å²) in [6, 6.07) is 8.20. The first-order valence-corrected chi connectivity index (χ1v) is 8.31. The number of carbonyl (C=O) groups is 1. The molecule has 1 aliphatic heterocycles. The fraction of sp³-hybridized carbons (Fsp3) is 0.389. The zero-order valence-electron chi connectivity index (χ0n) is 14.2. The molecule has 1 saturated heterocycles. The smallest absolute Gasteiger partial charge is 0.274 e. The van der Waals surface area contributed by atoms with Crippen LogP contribution in [0, 0.1) is 0 Å². The average Bonchev–Trinajstić information content (AvgIpc) is 2.63. The van der Waals surface area contributed by atoms with Crippen molar-refractivity contribution in [2.45, 2.75) is 13.3 Å². The molecule has 6 nitrogen and oxygen atoms in total. The van der Waals surface area contributed by atoms with Gasteiger partial charge in [-0.05, 0) is 31.2 Å². The first kappa shape index (κ1) is 16.4. The van der Waals surface area contributed by atoms with Crippen molar-refractivity contribution in [3.63, 3.8) is 0 Å². The van der Waals surface area contributed by atoms with E-state index in [0.717, 1.165) is 38.3 Å². The minimum absolute atomic E-state index is 0.0468. The standard InChI is InChI=1S/C18H23N5O/c1-3-14-4-6-15(7-5-14)21-17-13-19-16(12-20-17)18(24)23-10-8-22(2)9-11-23/h4-7,12-13H,3,8-11H2,1-2H3,(H,20,21). The summed E-state index contributed by atoms with van der Waals surface area (Å²) >= 11 is 0. The van der Waals surface area contributed by atoms with E-state index in [-0.39, 0.29) is 5.91 Å². The van der Waals surface area contributed by atoms with Crippen molar-refractivity contribution < 1.29 is 4.79 Å². The van der Waals surface area contributed by atoms with Gasteiger partial charge in [0.15, 0.2) is 0 Å². The number of rotatable bonds is 4. The monoisotopic (exact) mass is 325 g/mol. The predicted octanol–water partition coefficient (Wildman–Crippen LogP) is 2.17. The number of piperazine rings is 1. The molecule has 0 atom stereocenters. The van der Waals surface area contributed by atoms with E-state index < -0.39 is 0 Å². The molecule has 3 rings (SSSR count). The molecule has 1 N–H and O–H groups in total. The van der Waals surface area contributed by atoms with Gasteiger partial charge in [0.25, 0.3) is 5.91 Å². The average molecular weight is 325 g/mol. The van der Waals surface area contributed by atoms with Crippen molar-refractivity contribution in [3.8, 4) is 0 Å². The van der Waals surface area contributed by atoms with Gasteiger partial charge in [0.2, 0.25) is 0 Å². The van der Waals surface area contributed by atoms with Crippen LogP contribution in [0.2, 0.25) is 0 Å². The van der Waals surface area contributed by atoms with Crippen LogP contribution in [0.15, 0.2) is 36.7 Å². The highest BCUT2D eigenvalue weighted by Gasteiger charge is 2.21. The Hall–Kier alpha value is -2.47. The van der Waals surface area contributed by atoms with E-state index in [1.165, 1.54) is 5.56 Å². The molecule has 0 saturated carbocycles. The van der Waals surface area contributed by atoms with Gasteiger partial charge < -0.3 is 15.1 Å². The maximum atomic E-state index is 12.4. The second-order valence-corrected chi connectivity index (χ2v) is 6.06. The van der Waals surface area contributed by atoms with Crippen molar-refractivity contribution in [3.05, 3.63) is 47.9 Å². The molecule has 1 aromatic heterocycles. The third-order valence-electron chi connectivity index (χ3n) is 4.30. The molecule has 0 bridgehead atoms. The summed E-state index contributed by atoms with van der Waals surface area (Å²) in [6.45, 7) is 5.39. The molecule has 24 heavy (non-hydrogen) atoms. The third kappa shape index (κ3) is 3.89. The zero-order valence-corrected chi connectivity index (χ0v) is 14.2. The van der Waals surface area contributed by atoms with Gasteiger partial charge in [0, 0.05) is 31.9 Å². The second-order valence-electron chi connectivity index (χ2n) is 6.06. The minimum atomic E-state index is -0.0468. The van der Waals surface area contributed by atoms with Crippen LogP contribution in [0.3, 0.4) is 0 Å². The Labute approximate surface area is 142 Å². The van der Waals surface area contributed by atoms with Crippen molar-refractivity contribution in [1.29, 1.82) is 0 Å². The molecular weight excluding hydrogens is 302 g/mol. The van der Waals surface area contributed by atoms with E-state index in [0.29, 0.717) is 11.5 Å². The number of carbonyl (C=O) groups excluding carboxylic acids is 1. The van der Waals surface area contributed by atoms with Gasteiger partial charge in [-0.3, -0.25) is 4.79 Å². The SMILES string of the molecule is CCc1ccc(Nc2cnc(C(=O)N3CCN(C)CC3)cn2)cc1. The van der Waals surface area contributed by atoms with Crippen molar-refractivity contribution in [2.24, 2.45) is 0 Å². The van der Waals surface area contributed by atoms with Crippen molar-refractivity contribution in [1.82, 2.24) is 19.8 Å². The zero-order chi connectivity index (χ0) is 16.9. The molecule has 2 heterocycles. The molecule has 2 aromatic rings. The highest BCUT2D eigenvalue weighted by Crippen LogP contribution is 2.15. The highest BCUT2D eigenvalue weighted by molar-refractivity contribution is 5.92. The number of aromatic nitrogens is 2. The van der Waals surface area contributed by atoms with E-state index in [4.69, 9.17) is 0 Å². The summed E-state index contributed by atoms with van der Waals surface area (Å²) in [4.78, 5) is 25.1. The lowest BCUT2D eigenvalue weighted by Crippen LogP contribution is -2.47. The summed E-state index contributed by atoms with van der Waals surface area (Å²) in [6.07, 6.45) is 4.17. The lowest BCUT2D eigenvalue weighted by Gasteiger charge is -2.32. The van der Waals surface area contributed by atoms with E-state index >= 15 is 0 Å². The van der Waals surface area contributed by atoms with Crippen LogP contribution in [-0.2, 0) is 6.42 Å². The maximum Gasteiger partial charge on any atom is 0.274 e. The predicted molar refractivity (Wildman–Crippen MR) is 94.5 cm³/mol.